The predicted molar refractivity (Wildman–Crippen MR) is 98.6 cm³/mol. The third-order valence-electron chi connectivity index (χ3n) is 3.44. The van der Waals surface area contributed by atoms with E-state index in [4.69, 9.17) is 14.2 Å². The number of methoxy groups -OCH3 is 1. The number of carbonyl (C=O) groups is 1. The molecule has 0 aromatic heterocycles. The van der Waals surface area contributed by atoms with Crippen molar-refractivity contribution in [2.45, 2.75) is 20.8 Å². The van der Waals surface area contributed by atoms with Gasteiger partial charge in [-0.1, -0.05) is 19.9 Å². The van der Waals surface area contributed by atoms with Crippen LogP contribution in [0.25, 0.3) is 0 Å². The molecule has 2 aromatic rings. The Morgan fingerprint density at radius 2 is 1.80 bits per heavy atom. The van der Waals surface area contributed by atoms with Crippen LogP contribution in [0, 0.1) is 12.8 Å². The quantitative estimate of drug-likeness (QED) is 0.785. The maximum absolute atomic E-state index is 12.1. The van der Waals surface area contributed by atoms with Crippen LogP contribution in [0.4, 0.5) is 5.69 Å². The molecule has 134 valence electrons. The average Bonchev–Trinajstić information content (AvgIpc) is 2.59. The molecule has 1 amide bonds. The molecule has 1 N–H and O–H groups in total. The first-order chi connectivity index (χ1) is 12.0. The molecule has 0 saturated heterocycles. The van der Waals surface area contributed by atoms with Crippen LogP contribution in [-0.2, 0) is 4.79 Å². The van der Waals surface area contributed by atoms with Gasteiger partial charge in [-0.05, 0) is 48.7 Å². The van der Waals surface area contributed by atoms with Gasteiger partial charge in [0.15, 0.2) is 6.61 Å². The Balaban J connectivity index is 1.87. The monoisotopic (exact) mass is 343 g/mol. The molecule has 5 heteroatoms. The van der Waals surface area contributed by atoms with Crippen molar-refractivity contribution in [3.05, 3.63) is 48.0 Å². The van der Waals surface area contributed by atoms with E-state index in [0.717, 1.165) is 17.1 Å². The molecule has 0 heterocycles. The normalized spacial score (nSPS) is 10.4. The van der Waals surface area contributed by atoms with Crippen molar-refractivity contribution in [2.24, 2.45) is 5.92 Å². The molecule has 2 rings (SSSR count). The summed E-state index contributed by atoms with van der Waals surface area (Å²) in [7, 11) is 1.62. The lowest BCUT2D eigenvalue weighted by atomic mass is 10.2. The zero-order chi connectivity index (χ0) is 18.2. The zero-order valence-corrected chi connectivity index (χ0v) is 15.2. The summed E-state index contributed by atoms with van der Waals surface area (Å²) < 4.78 is 16.4. The van der Waals surface area contributed by atoms with Crippen LogP contribution >= 0.6 is 0 Å². The first-order valence-corrected chi connectivity index (χ1v) is 8.28. The van der Waals surface area contributed by atoms with Crippen LogP contribution in [0.1, 0.15) is 19.4 Å². The molecule has 0 spiro atoms. The van der Waals surface area contributed by atoms with Gasteiger partial charge in [-0.3, -0.25) is 4.79 Å². The number of rotatable bonds is 8. The Hall–Kier alpha value is -2.69. The average molecular weight is 343 g/mol. The van der Waals surface area contributed by atoms with Gasteiger partial charge in [0.25, 0.3) is 5.91 Å². The highest BCUT2D eigenvalue weighted by atomic mass is 16.5. The van der Waals surface area contributed by atoms with Gasteiger partial charge in [-0.25, -0.2) is 0 Å². The molecule has 0 aliphatic heterocycles. The number of anilines is 1. The number of hydrogen-bond acceptors (Lipinski definition) is 4. The van der Waals surface area contributed by atoms with Gasteiger partial charge in [0.1, 0.15) is 17.2 Å². The molecule has 0 bridgehead atoms. The maximum atomic E-state index is 12.1. The molecule has 0 atom stereocenters. The van der Waals surface area contributed by atoms with Crippen LogP contribution in [0.5, 0.6) is 17.2 Å². The van der Waals surface area contributed by atoms with Crippen molar-refractivity contribution in [3.8, 4) is 17.2 Å². The topological polar surface area (TPSA) is 56.8 Å². The lowest BCUT2D eigenvalue weighted by Gasteiger charge is -2.12. The summed E-state index contributed by atoms with van der Waals surface area (Å²) >= 11 is 0. The molecule has 0 aliphatic rings. The molecule has 5 nitrogen and oxygen atoms in total. The molecule has 0 unspecified atom stereocenters. The van der Waals surface area contributed by atoms with E-state index in [1.165, 1.54) is 0 Å². The number of ether oxygens (including phenoxy) is 3. The van der Waals surface area contributed by atoms with E-state index in [1.807, 2.05) is 31.2 Å². The fourth-order valence-electron chi connectivity index (χ4n) is 2.22. The van der Waals surface area contributed by atoms with E-state index in [-0.39, 0.29) is 12.5 Å². The molecule has 0 radical (unpaired) electrons. The summed E-state index contributed by atoms with van der Waals surface area (Å²) in [5, 5.41) is 2.81. The molecular formula is C20H25NO4. The minimum Gasteiger partial charge on any atom is -0.496 e. The van der Waals surface area contributed by atoms with E-state index in [1.54, 1.807) is 25.3 Å². The molecule has 0 aliphatic carbocycles. The third-order valence-corrected chi connectivity index (χ3v) is 3.44. The second-order valence-corrected chi connectivity index (χ2v) is 6.20. The van der Waals surface area contributed by atoms with Crippen LogP contribution < -0.4 is 19.5 Å². The number of benzene rings is 2. The van der Waals surface area contributed by atoms with E-state index < -0.39 is 0 Å². The smallest absolute Gasteiger partial charge is 0.262 e. The molecular weight excluding hydrogens is 318 g/mol. The van der Waals surface area contributed by atoms with Gasteiger partial charge in [0.05, 0.1) is 13.7 Å². The highest BCUT2D eigenvalue weighted by Gasteiger charge is 2.07. The Labute approximate surface area is 148 Å². The van der Waals surface area contributed by atoms with Gasteiger partial charge in [-0.2, -0.15) is 0 Å². The second-order valence-electron chi connectivity index (χ2n) is 6.20. The fraction of sp³-hybridized carbons (Fsp3) is 0.350. The van der Waals surface area contributed by atoms with Crippen LogP contribution in [0.3, 0.4) is 0 Å². The van der Waals surface area contributed by atoms with Gasteiger partial charge in [0, 0.05) is 11.8 Å². The third kappa shape index (κ3) is 6.03. The molecule has 0 fully saturated rings. The SMILES string of the molecule is COc1ccc(NC(=O)COc2cccc(OCC(C)C)c2)cc1C. The Morgan fingerprint density at radius 3 is 2.44 bits per heavy atom. The van der Waals surface area contributed by atoms with E-state index in [2.05, 4.69) is 19.2 Å². The number of hydrogen-bond donors (Lipinski definition) is 1. The lowest BCUT2D eigenvalue weighted by molar-refractivity contribution is -0.118. The number of aryl methyl sites for hydroxylation is 1. The summed E-state index contributed by atoms with van der Waals surface area (Å²) in [6.45, 7) is 6.67. The standard InChI is InChI=1S/C20H25NO4/c1-14(2)12-24-17-6-5-7-18(11-17)25-13-20(22)21-16-8-9-19(23-4)15(3)10-16/h5-11,14H,12-13H2,1-4H3,(H,21,22). The molecule has 25 heavy (non-hydrogen) atoms. The summed E-state index contributed by atoms with van der Waals surface area (Å²) in [4.78, 5) is 12.1. The number of nitrogens with one attached hydrogen (secondary N) is 1. The van der Waals surface area contributed by atoms with Crippen LogP contribution in [0.15, 0.2) is 42.5 Å². The first kappa shape index (κ1) is 18.6. The number of amides is 1. The van der Waals surface area contributed by atoms with Gasteiger partial charge < -0.3 is 19.5 Å². The van der Waals surface area contributed by atoms with Crippen molar-refractivity contribution in [1.82, 2.24) is 0 Å². The molecule has 0 saturated carbocycles. The van der Waals surface area contributed by atoms with Gasteiger partial charge >= 0.3 is 0 Å². The van der Waals surface area contributed by atoms with Crippen molar-refractivity contribution in [2.75, 3.05) is 25.6 Å². The lowest BCUT2D eigenvalue weighted by Crippen LogP contribution is -2.20. The minimum absolute atomic E-state index is 0.0707. The Morgan fingerprint density at radius 1 is 1.08 bits per heavy atom. The minimum atomic E-state index is -0.224. The number of carbonyl (C=O) groups excluding carboxylic acids is 1. The van der Waals surface area contributed by atoms with Gasteiger partial charge in [0.2, 0.25) is 0 Å². The Kier molecular flexibility index (Phi) is 6.69. The largest absolute Gasteiger partial charge is 0.496 e. The second kappa shape index (κ2) is 8.97. The molecule has 2 aromatic carbocycles. The zero-order valence-electron chi connectivity index (χ0n) is 15.2. The first-order valence-electron chi connectivity index (χ1n) is 8.28. The van der Waals surface area contributed by atoms with Gasteiger partial charge in [-0.15, -0.1) is 0 Å². The van der Waals surface area contributed by atoms with Crippen LogP contribution in [0.2, 0.25) is 0 Å². The summed E-state index contributed by atoms with van der Waals surface area (Å²) in [5.74, 6) is 2.34. The van der Waals surface area contributed by atoms with Crippen LogP contribution in [-0.4, -0.2) is 26.2 Å². The van der Waals surface area contributed by atoms with E-state index >= 15 is 0 Å². The predicted octanol–water partition coefficient (Wildman–Crippen LogP) is 4.06. The van der Waals surface area contributed by atoms with Crippen molar-refractivity contribution in [3.63, 3.8) is 0 Å². The highest BCUT2D eigenvalue weighted by Crippen LogP contribution is 2.22. The Bertz CT molecular complexity index is 713. The highest BCUT2D eigenvalue weighted by molar-refractivity contribution is 5.92. The summed E-state index contributed by atoms with van der Waals surface area (Å²) in [6.07, 6.45) is 0. The van der Waals surface area contributed by atoms with Crippen molar-refractivity contribution < 1.29 is 19.0 Å². The van der Waals surface area contributed by atoms with Crippen molar-refractivity contribution >= 4 is 11.6 Å². The fourth-order valence-corrected chi connectivity index (χ4v) is 2.22. The van der Waals surface area contributed by atoms with Crippen molar-refractivity contribution in [1.29, 1.82) is 0 Å². The maximum Gasteiger partial charge on any atom is 0.262 e. The van der Waals surface area contributed by atoms with E-state index in [0.29, 0.717) is 24.0 Å². The summed E-state index contributed by atoms with van der Waals surface area (Å²) in [5.41, 5.74) is 1.66. The summed E-state index contributed by atoms with van der Waals surface area (Å²) in [6, 6.07) is 12.8. The van der Waals surface area contributed by atoms with E-state index in [9.17, 15) is 4.79 Å².